The monoisotopic (exact) mass is 894 g/mol. The Labute approximate surface area is 403 Å². The molecule has 0 radical (unpaired) electrons. The van der Waals surface area contributed by atoms with Crippen molar-refractivity contribution in [2.24, 2.45) is 0 Å². The Bertz CT molecular complexity index is 4040. The molecule has 1 aliphatic heterocycles. The number of hydrogen-bond donors (Lipinski definition) is 0. The number of fused-ring (bicyclic) bond motifs is 16. The van der Waals surface area contributed by atoms with Crippen LogP contribution in [0.15, 0.2) is 231 Å². The zero-order valence-corrected chi connectivity index (χ0v) is 37.5. The molecular formula is C64H38N4O2. The van der Waals surface area contributed by atoms with Crippen molar-refractivity contribution in [3.63, 3.8) is 0 Å². The van der Waals surface area contributed by atoms with E-state index >= 15 is 0 Å². The highest BCUT2D eigenvalue weighted by molar-refractivity contribution is 6.11. The van der Waals surface area contributed by atoms with Crippen LogP contribution in [0.1, 0.15) is 22.3 Å². The Balaban J connectivity index is 0.894. The van der Waals surface area contributed by atoms with Gasteiger partial charge in [0.25, 0.3) is 0 Å². The zero-order chi connectivity index (χ0) is 45.9. The molecule has 0 bridgehead atoms. The Morgan fingerprint density at radius 3 is 1.63 bits per heavy atom. The van der Waals surface area contributed by atoms with Crippen molar-refractivity contribution in [1.82, 2.24) is 19.5 Å². The van der Waals surface area contributed by atoms with Crippen LogP contribution in [0.2, 0.25) is 0 Å². The number of para-hydroxylation sites is 3. The Morgan fingerprint density at radius 1 is 0.329 bits per heavy atom. The molecule has 2 aromatic heterocycles. The Kier molecular flexibility index (Phi) is 8.18. The summed E-state index contributed by atoms with van der Waals surface area (Å²) in [6.07, 6.45) is 0. The van der Waals surface area contributed by atoms with Crippen LogP contribution in [-0.2, 0) is 5.41 Å². The van der Waals surface area contributed by atoms with Crippen molar-refractivity contribution in [3.8, 4) is 96.2 Å². The molecular weight excluding hydrogens is 857 g/mol. The molecule has 2 aliphatic carbocycles. The second kappa shape index (κ2) is 14.8. The normalized spacial score (nSPS) is 13.2. The van der Waals surface area contributed by atoms with Crippen LogP contribution < -0.4 is 9.47 Å². The van der Waals surface area contributed by atoms with Gasteiger partial charge in [-0.05, 0) is 105 Å². The van der Waals surface area contributed by atoms with E-state index in [9.17, 15) is 0 Å². The van der Waals surface area contributed by atoms with Gasteiger partial charge in [0.2, 0.25) is 0 Å². The highest BCUT2D eigenvalue weighted by Gasteiger charge is 2.53. The summed E-state index contributed by atoms with van der Waals surface area (Å²) in [5.74, 6) is 4.80. The van der Waals surface area contributed by atoms with Crippen molar-refractivity contribution >= 4 is 21.8 Å². The molecule has 0 atom stereocenters. The van der Waals surface area contributed by atoms with Crippen molar-refractivity contribution in [2.75, 3.05) is 0 Å². The summed E-state index contributed by atoms with van der Waals surface area (Å²) in [5.41, 5.74) is 17.4. The Morgan fingerprint density at radius 2 is 0.900 bits per heavy atom. The van der Waals surface area contributed by atoms with Gasteiger partial charge in [0.15, 0.2) is 40.5 Å². The van der Waals surface area contributed by atoms with Crippen molar-refractivity contribution < 1.29 is 9.47 Å². The van der Waals surface area contributed by atoms with Crippen LogP contribution in [0.5, 0.6) is 23.0 Å². The minimum atomic E-state index is -0.573. The Hall–Kier alpha value is -9.39. The molecule has 3 aliphatic rings. The number of benzene rings is 10. The molecule has 6 heteroatoms. The van der Waals surface area contributed by atoms with Crippen LogP contribution in [-0.4, -0.2) is 19.5 Å². The minimum Gasteiger partial charge on any atom is -0.449 e. The number of rotatable bonds is 5. The molecule has 1 spiro atoms. The van der Waals surface area contributed by atoms with Gasteiger partial charge >= 0.3 is 0 Å². The lowest BCUT2D eigenvalue weighted by Gasteiger charge is -2.31. The van der Waals surface area contributed by atoms with Gasteiger partial charge < -0.3 is 14.0 Å². The van der Waals surface area contributed by atoms with E-state index in [1.807, 2.05) is 84.9 Å². The minimum absolute atomic E-state index is 0.573. The molecule has 0 amide bonds. The maximum absolute atomic E-state index is 6.84. The number of hydrogen-bond acceptors (Lipinski definition) is 5. The van der Waals surface area contributed by atoms with Gasteiger partial charge in [0.05, 0.1) is 16.4 Å². The maximum atomic E-state index is 6.84. The van der Waals surface area contributed by atoms with Gasteiger partial charge in [0.1, 0.15) is 0 Å². The molecule has 10 aromatic carbocycles. The molecule has 15 rings (SSSR count). The molecule has 0 saturated heterocycles. The average molecular weight is 895 g/mol. The first-order valence-corrected chi connectivity index (χ1v) is 23.7. The molecule has 326 valence electrons. The van der Waals surface area contributed by atoms with E-state index in [4.69, 9.17) is 24.4 Å². The molecule has 0 fully saturated rings. The first kappa shape index (κ1) is 38.7. The van der Waals surface area contributed by atoms with Gasteiger partial charge in [-0.1, -0.05) is 176 Å². The van der Waals surface area contributed by atoms with E-state index < -0.39 is 5.41 Å². The third-order valence-electron chi connectivity index (χ3n) is 14.5. The van der Waals surface area contributed by atoms with Crippen molar-refractivity contribution in [2.45, 2.75) is 5.41 Å². The molecule has 3 heterocycles. The lowest BCUT2D eigenvalue weighted by molar-refractivity contribution is 0.360. The molecule has 0 saturated carbocycles. The standard InChI is InChI=1S/C64H38N4O2/c1-3-16-39(17-4-1)61-65-62(40-18-5-2-6-19-40)67-63(66-61)43-20-15-21-44(36-43)68-54-27-12-9-24-47(54)49-37-41(31-34-55(49)68)42-30-32-48-53(38-42)64(50-25-10-7-22-45(50)46-23-8-11-26-51(46)64)52-33-35-58-60(59(48)52)70-57-29-14-13-28-56(57)69-58/h1-38H. The fourth-order valence-electron chi connectivity index (χ4n) is 11.5. The zero-order valence-electron chi connectivity index (χ0n) is 37.5. The van der Waals surface area contributed by atoms with E-state index in [1.54, 1.807) is 0 Å². The number of aromatic nitrogens is 4. The van der Waals surface area contributed by atoms with Gasteiger partial charge in [-0.3, -0.25) is 0 Å². The molecule has 0 N–H and O–H groups in total. The van der Waals surface area contributed by atoms with Gasteiger partial charge in [-0.15, -0.1) is 0 Å². The third kappa shape index (κ3) is 5.53. The number of nitrogens with zero attached hydrogens (tertiary/aromatic N) is 4. The predicted octanol–water partition coefficient (Wildman–Crippen LogP) is 15.9. The van der Waals surface area contributed by atoms with Gasteiger partial charge in [-0.25, -0.2) is 15.0 Å². The summed E-state index contributed by atoms with van der Waals surface area (Å²) >= 11 is 0. The molecule has 70 heavy (non-hydrogen) atoms. The van der Waals surface area contributed by atoms with Crippen LogP contribution in [0, 0.1) is 0 Å². The highest BCUT2D eigenvalue weighted by Crippen LogP contribution is 2.66. The van der Waals surface area contributed by atoms with E-state index in [0.717, 1.165) is 72.9 Å². The average Bonchev–Trinajstić information content (AvgIpc) is 4.04. The van der Waals surface area contributed by atoms with Gasteiger partial charge in [-0.2, -0.15) is 0 Å². The first-order valence-electron chi connectivity index (χ1n) is 23.7. The summed E-state index contributed by atoms with van der Waals surface area (Å²) in [7, 11) is 0. The van der Waals surface area contributed by atoms with Crippen molar-refractivity contribution in [3.05, 3.63) is 253 Å². The third-order valence-corrected chi connectivity index (χ3v) is 14.5. The van der Waals surface area contributed by atoms with E-state index in [0.29, 0.717) is 23.2 Å². The summed E-state index contributed by atoms with van der Waals surface area (Å²) in [6, 6.07) is 81.5. The van der Waals surface area contributed by atoms with E-state index in [-0.39, 0.29) is 0 Å². The van der Waals surface area contributed by atoms with Crippen LogP contribution in [0.3, 0.4) is 0 Å². The maximum Gasteiger partial charge on any atom is 0.178 e. The summed E-state index contributed by atoms with van der Waals surface area (Å²) in [5, 5.41) is 2.35. The van der Waals surface area contributed by atoms with Crippen molar-refractivity contribution in [1.29, 1.82) is 0 Å². The quantitative estimate of drug-likeness (QED) is 0.172. The first-order chi connectivity index (χ1) is 34.7. The summed E-state index contributed by atoms with van der Waals surface area (Å²) in [4.78, 5) is 15.1. The fourth-order valence-corrected chi connectivity index (χ4v) is 11.5. The lowest BCUT2D eigenvalue weighted by atomic mass is 9.70. The fraction of sp³-hybridized carbons (Fsp3) is 0.0156. The highest BCUT2D eigenvalue weighted by atomic mass is 16.6. The SMILES string of the molecule is c1ccc(-c2nc(-c3ccccc3)nc(-c3cccc(-n4c5ccccc5c5cc(-c6ccc7c(c6)C6(c8ccccc8-c8ccccc86)c6ccc8c(c6-7)Oc6ccccc6O8)ccc54)c3)n2)cc1. The van der Waals surface area contributed by atoms with E-state index in [1.165, 1.54) is 44.2 Å². The molecule has 12 aromatic rings. The van der Waals surface area contributed by atoms with Crippen LogP contribution in [0.25, 0.3) is 95.0 Å². The lowest BCUT2D eigenvalue weighted by Crippen LogP contribution is -2.26. The number of ether oxygens (including phenoxy) is 2. The molecule has 6 nitrogen and oxygen atoms in total. The second-order valence-corrected chi connectivity index (χ2v) is 18.2. The summed E-state index contributed by atoms with van der Waals surface area (Å²) in [6.45, 7) is 0. The second-order valence-electron chi connectivity index (χ2n) is 18.2. The molecule has 0 unspecified atom stereocenters. The van der Waals surface area contributed by atoms with Crippen LogP contribution in [0.4, 0.5) is 0 Å². The van der Waals surface area contributed by atoms with E-state index in [2.05, 4.69) is 150 Å². The topological polar surface area (TPSA) is 62.1 Å². The van der Waals surface area contributed by atoms with Crippen LogP contribution >= 0.6 is 0 Å². The smallest absolute Gasteiger partial charge is 0.178 e. The largest absolute Gasteiger partial charge is 0.449 e. The van der Waals surface area contributed by atoms with Gasteiger partial charge in [0, 0.05) is 38.7 Å². The predicted molar refractivity (Wildman–Crippen MR) is 279 cm³/mol. The summed E-state index contributed by atoms with van der Waals surface area (Å²) < 4.78 is 15.7.